The summed E-state index contributed by atoms with van der Waals surface area (Å²) in [5.74, 6) is 0.471. The number of amides is 1. The number of nitrogen functional groups attached to an aromatic ring is 1. The second kappa shape index (κ2) is 10.2. The largest absolute Gasteiger partial charge is 0.495 e. The van der Waals surface area contributed by atoms with E-state index in [9.17, 15) is 13.2 Å². The molecule has 2 aromatic carbocycles. The number of carbonyl (C=O) groups excluding carboxylic acids is 1. The number of aromatic nitrogens is 3. The van der Waals surface area contributed by atoms with Gasteiger partial charge in [-0.2, -0.15) is 9.61 Å². The van der Waals surface area contributed by atoms with E-state index in [1.165, 1.54) is 23.9 Å². The van der Waals surface area contributed by atoms with E-state index in [1.807, 2.05) is 25.9 Å². The number of sulfonamides is 1. The molecule has 11 nitrogen and oxygen atoms in total. The number of nitrogens with one attached hydrogen (secondary N) is 1. The van der Waals surface area contributed by atoms with Gasteiger partial charge in [-0.25, -0.2) is 13.4 Å². The van der Waals surface area contributed by atoms with Gasteiger partial charge in [0.05, 0.1) is 13.3 Å². The second-order valence-electron chi connectivity index (χ2n) is 9.79. The molecule has 0 bridgehead atoms. The summed E-state index contributed by atoms with van der Waals surface area (Å²) in [5, 5.41) is 4.36. The van der Waals surface area contributed by atoms with Gasteiger partial charge in [-0.1, -0.05) is 18.2 Å². The number of nitrogens with zero attached hydrogens (tertiary/aromatic N) is 5. The van der Waals surface area contributed by atoms with Crippen molar-refractivity contribution in [1.82, 2.24) is 24.4 Å². The van der Waals surface area contributed by atoms with Crippen LogP contribution in [0.3, 0.4) is 0 Å². The maximum atomic E-state index is 13.2. The Morgan fingerprint density at radius 3 is 2.62 bits per heavy atom. The van der Waals surface area contributed by atoms with Gasteiger partial charge in [0.15, 0.2) is 5.65 Å². The minimum Gasteiger partial charge on any atom is -0.495 e. The van der Waals surface area contributed by atoms with Crippen molar-refractivity contribution >= 4 is 33.1 Å². The first-order valence-corrected chi connectivity index (χ1v) is 13.9. The average Bonchev–Trinajstić information content (AvgIpc) is 3.57. The average molecular weight is 550 g/mol. The van der Waals surface area contributed by atoms with Crippen LogP contribution < -0.4 is 15.2 Å². The maximum Gasteiger partial charge on any atom is 0.265 e. The van der Waals surface area contributed by atoms with E-state index >= 15 is 0 Å². The van der Waals surface area contributed by atoms with Crippen LogP contribution in [0.2, 0.25) is 0 Å². The topological polar surface area (TPSA) is 135 Å². The predicted octanol–water partition coefficient (Wildman–Crippen LogP) is 2.87. The molecule has 4 aromatic rings. The Bertz CT molecular complexity index is 1670. The summed E-state index contributed by atoms with van der Waals surface area (Å²) in [6.45, 7) is 3.19. The molecule has 204 valence electrons. The molecule has 1 fully saturated rings. The van der Waals surface area contributed by atoms with E-state index in [1.54, 1.807) is 42.6 Å². The van der Waals surface area contributed by atoms with Gasteiger partial charge in [-0.15, -0.1) is 0 Å². The molecule has 0 saturated carbocycles. The number of likely N-dealkylation sites (tertiary alicyclic amines) is 1. The number of para-hydroxylation sites is 1. The Labute approximate surface area is 227 Å². The van der Waals surface area contributed by atoms with Crippen LogP contribution in [0.5, 0.6) is 5.75 Å². The van der Waals surface area contributed by atoms with Crippen LogP contribution in [0.15, 0.2) is 59.8 Å². The van der Waals surface area contributed by atoms with Crippen LogP contribution in [-0.4, -0.2) is 79.1 Å². The molecule has 0 radical (unpaired) electrons. The molecule has 5 rings (SSSR count). The molecular formula is C27H31N7O4S. The Balaban J connectivity index is 1.41. The van der Waals surface area contributed by atoms with Crippen molar-refractivity contribution in [1.29, 1.82) is 0 Å². The van der Waals surface area contributed by atoms with Crippen molar-refractivity contribution in [2.24, 2.45) is 0 Å². The number of anilines is 2. The molecule has 1 atom stereocenters. The molecule has 3 heterocycles. The van der Waals surface area contributed by atoms with Crippen molar-refractivity contribution < 1.29 is 17.9 Å². The van der Waals surface area contributed by atoms with E-state index in [0.29, 0.717) is 47.4 Å². The lowest BCUT2D eigenvalue weighted by Crippen LogP contribution is -2.34. The summed E-state index contributed by atoms with van der Waals surface area (Å²) in [4.78, 5) is 21.8. The van der Waals surface area contributed by atoms with Gasteiger partial charge in [-0.05, 0) is 62.8 Å². The van der Waals surface area contributed by atoms with E-state index in [0.717, 1.165) is 17.5 Å². The van der Waals surface area contributed by atoms with Gasteiger partial charge in [0.2, 0.25) is 0 Å². The molecule has 2 aromatic heterocycles. The van der Waals surface area contributed by atoms with Gasteiger partial charge >= 0.3 is 0 Å². The lowest BCUT2D eigenvalue weighted by atomic mass is 10.0. The summed E-state index contributed by atoms with van der Waals surface area (Å²) in [7, 11) is 1.58. The summed E-state index contributed by atoms with van der Waals surface area (Å²) in [5.41, 5.74) is 9.86. The van der Waals surface area contributed by atoms with E-state index in [4.69, 9.17) is 10.5 Å². The Morgan fingerprint density at radius 1 is 1.15 bits per heavy atom. The number of rotatable bonds is 7. The third-order valence-electron chi connectivity index (χ3n) is 7.10. The van der Waals surface area contributed by atoms with Gasteiger partial charge in [0.25, 0.3) is 15.9 Å². The highest BCUT2D eigenvalue weighted by molar-refractivity contribution is 7.92. The number of carbonyl (C=O) groups is 1. The molecule has 3 N–H and O–H groups in total. The summed E-state index contributed by atoms with van der Waals surface area (Å²) in [6.07, 6.45) is 4.05. The number of benzene rings is 2. The first-order valence-electron chi connectivity index (χ1n) is 12.5. The summed E-state index contributed by atoms with van der Waals surface area (Å²) >= 11 is 0. The number of methoxy groups -OCH3 is 1. The molecule has 1 amide bonds. The van der Waals surface area contributed by atoms with Gasteiger partial charge in [0, 0.05) is 36.6 Å². The van der Waals surface area contributed by atoms with E-state index in [-0.39, 0.29) is 16.6 Å². The van der Waals surface area contributed by atoms with Crippen LogP contribution >= 0.6 is 0 Å². The van der Waals surface area contributed by atoms with Crippen LogP contribution in [-0.2, 0) is 10.0 Å². The highest BCUT2D eigenvalue weighted by Crippen LogP contribution is 2.32. The zero-order valence-electron chi connectivity index (χ0n) is 22.2. The lowest BCUT2D eigenvalue weighted by molar-refractivity contribution is 0.0784. The quantitative estimate of drug-likeness (QED) is 0.359. The van der Waals surface area contributed by atoms with Crippen LogP contribution in [0.1, 0.15) is 22.3 Å². The molecular weight excluding hydrogens is 518 g/mol. The Morgan fingerprint density at radius 2 is 1.92 bits per heavy atom. The maximum absolute atomic E-state index is 13.2. The molecule has 39 heavy (non-hydrogen) atoms. The summed E-state index contributed by atoms with van der Waals surface area (Å²) in [6, 6.07) is 11.9. The van der Waals surface area contributed by atoms with Crippen molar-refractivity contribution in [2.75, 3.05) is 44.8 Å². The highest BCUT2D eigenvalue weighted by Gasteiger charge is 2.30. The minimum atomic E-state index is -3.87. The number of hydrogen-bond donors (Lipinski definition) is 2. The fourth-order valence-corrected chi connectivity index (χ4v) is 6.13. The van der Waals surface area contributed by atoms with Gasteiger partial charge in [0.1, 0.15) is 22.0 Å². The number of hydrogen-bond acceptors (Lipinski definition) is 8. The lowest BCUT2D eigenvalue weighted by Gasteiger charge is -2.20. The first-order chi connectivity index (χ1) is 18.6. The predicted molar refractivity (Wildman–Crippen MR) is 149 cm³/mol. The van der Waals surface area contributed by atoms with Crippen molar-refractivity contribution in [3.63, 3.8) is 0 Å². The standard InChI is InChI=1S/C27H31N7O4S/c1-17-13-18(31-39(36,37)24-8-6-5-7-23(24)38-4)9-10-20(17)21-14-29-26-22(15-30-34(26)25(21)28)27(35)33-12-11-19(16-33)32(2)3/h5-10,13-15,19,31H,11-12,16,28H2,1-4H3. The third kappa shape index (κ3) is 4.88. The van der Waals surface area contributed by atoms with E-state index in [2.05, 4.69) is 19.7 Å². The zero-order valence-corrected chi connectivity index (χ0v) is 23.1. The molecule has 1 unspecified atom stereocenters. The number of likely N-dealkylation sites (N-methyl/N-ethyl adjacent to an activating group) is 1. The molecule has 1 saturated heterocycles. The molecule has 0 aliphatic carbocycles. The number of aryl methyl sites for hydroxylation is 1. The summed E-state index contributed by atoms with van der Waals surface area (Å²) < 4.78 is 35.3. The van der Waals surface area contributed by atoms with Crippen molar-refractivity contribution in [2.45, 2.75) is 24.3 Å². The van der Waals surface area contributed by atoms with Crippen molar-refractivity contribution in [3.05, 3.63) is 66.0 Å². The number of fused-ring (bicyclic) bond motifs is 1. The number of ether oxygens (including phenoxy) is 1. The monoisotopic (exact) mass is 549 g/mol. The third-order valence-corrected chi connectivity index (χ3v) is 8.52. The van der Waals surface area contributed by atoms with Crippen LogP contribution in [0.4, 0.5) is 11.5 Å². The molecule has 1 aliphatic heterocycles. The highest BCUT2D eigenvalue weighted by atomic mass is 32.2. The number of nitrogens with two attached hydrogens (primary N) is 1. The van der Waals surface area contributed by atoms with E-state index < -0.39 is 10.0 Å². The van der Waals surface area contributed by atoms with Crippen LogP contribution in [0, 0.1) is 6.92 Å². The van der Waals surface area contributed by atoms with Gasteiger partial charge in [-0.3, -0.25) is 9.52 Å². The zero-order chi connectivity index (χ0) is 27.9. The second-order valence-corrected chi connectivity index (χ2v) is 11.4. The fourth-order valence-electron chi connectivity index (χ4n) is 4.91. The fraction of sp³-hybridized carbons (Fsp3) is 0.296. The van der Waals surface area contributed by atoms with Crippen LogP contribution in [0.25, 0.3) is 16.8 Å². The molecule has 1 aliphatic rings. The smallest absolute Gasteiger partial charge is 0.265 e. The van der Waals surface area contributed by atoms with Gasteiger partial charge < -0.3 is 20.3 Å². The minimum absolute atomic E-state index is 0.0447. The Hall–Kier alpha value is -4.16. The van der Waals surface area contributed by atoms with Crippen molar-refractivity contribution in [3.8, 4) is 16.9 Å². The first kappa shape index (κ1) is 26.4. The molecule has 0 spiro atoms. The molecule has 12 heteroatoms. The normalized spacial score (nSPS) is 15.7. The SMILES string of the molecule is COc1ccccc1S(=O)(=O)Nc1ccc(-c2cnc3c(C(=O)N4CCC(N(C)C)C4)cnn3c2N)c(C)c1. The Kier molecular flexibility index (Phi) is 6.91.